The molecule has 1 amide bonds. The molecule has 0 atom stereocenters. The first kappa shape index (κ1) is 20.9. The summed E-state index contributed by atoms with van der Waals surface area (Å²) in [6, 6.07) is 5.61. The van der Waals surface area contributed by atoms with Crippen molar-refractivity contribution < 1.29 is 26.8 Å². The average molecular weight is 457 g/mol. The van der Waals surface area contributed by atoms with E-state index in [1.807, 2.05) is 0 Å². The van der Waals surface area contributed by atoms with Gasteiger partial charge in [0.1, 0.15) is 17.9 Å². The molecule has 7 nitrogen and oxygen atoms in total. The first-order valence-corrected chi connectivity index (χ1v) is 9.19. The summed E-state index contributed by atoms with van der Waals surface area (Å²) in [6.45, 7) is -0.610. The predicted molar refractivity (Wildman–Crippen MR) is 103 cm³/mol. The molecule has 31 heavy (non-hydrogen) atoms. The molecule has 2 aromatic heterocycles. The van der Waals surface area contributed by atoms with Crippen LogP contribution in [-0.4, -0.2) is 32.4 Å². The van der Waals surface area contributed by atoms with Gasteiger partial charge in [-0.1, -0.05) is 11.6 Å². The van der Waals surface area contributed by atoms with Crippen molar-refractivity contribution in [3.05, 3.63) is 63.1 Å². The van der Waals surface area contributed by atoms with Gasteiger partial charge in [0.2, 0.25) is 5.91 Å². The number of aromatic amines is 1. The van der Waals surface area contributed by atoms with Crippen LogP contribution in [0.2, 0.25) is 5.02 Å². The second-order valence-corrected chi connectivity index (χ2v) is 7.23. The number of hydrogen-bond acceptors (Lipinski definition) is 4. The third kappa shape index (κ3) is 3.88. The Morgan fingerprint density at radius 1 is 1.29 bits per heavy atom. The molecule has 4 aromatic rings. The van der Waals surface area contributed by atoms with Crippen molar-refractivity contribution in [2.75, 3.05) is 7.05 Å². The zero-order chi connectivity index (χ0) is 22.5. The summed E-state index contributed by atoms with van der Waals surface area (Å²) in [6.07, 6.45) is -4.50. The fraction of sp³-hybridized carbons (Fsp3) is 0.211. The van der Waals surface area contributed by atoms with E-state index < -0.39 is 35.8 Å². The van der Waals surface area contributed by atoms with E-state index in [9.17, 15) is 27.2 Å². The highest BCUT2D eigenvalue weighted by molar-refractivity contribution is 6.31. The molecule has 0 fully saturated rings. The molecule has 0 aliphatic heterocycles. The third-order valence-electron chi connectivity index (χ3n) is 4.68. The Balaban J connectivity index is 1.56. The lowest BCUT2D eigenvalue weighted by Crippen LogP contribution is -2.32. The van der Waals surface area contributed by atoms with Crippen molar-refractivity contribution in [2.45, 2.75) is 19.3 Å². The van der Waals surface area contributed by atoms with Crippen LogP contribution in [0.3, 0.4) is 0 Å². The number of amides is 1. The number of fused-ring (bicyclic) bond motifs is 2. The molecule has 162 valence electrons. The molecule has 0 saturated heterocycles. The molecule has 2 aromatic carbocycles. The summed E-state index contributed by atoms with van der Waals surface area (Å²) in [5, 5.41) is -0.233. The molecule has 0 spiro atoms. The van der Waals surface area contributed by atoms with Crippen LogP contribution in [-0.2, 0) is 24.1 Å². The third-order valence-corrected chi connectivity index (χ3v) is 4.98. The number of nitrogens with one attached hydrogen (secondary N) is 1. The number of hydrogen-bond donors (Lipinski definition) is 1. The van der Waals surface area contributed by atoms with Gasteiger partial charge >= 0.3 is 11.9 Å². The van der Waals surface area contributed by atoms with Gasteiger partial charge in [-0.2, -0.15) is 13.2 Å². The molecule has 0 saturated carbocycles. The zero-order valence-electron chi connectivity index (χ0n) is 15.8. The number of rotatable bonds is 4. The van der Waals surface area contributed by atoms with Gasteiger partial charge in [0, 0.05) is 7.05 Å². The lowest BCUT2D eigenvalue weighted by Gasteiger charge is -2.15. The number of oxazole rings is 1. The zero-order valence-corrected chi connectivity index (χ0v) is 16.5. The highest BCUT2D eigenvalue weighted by atomic mass is 35.5. The van der Waals surface area contributed by atoms with Crippen LogP contribution in [0.5, 0.6) is 0 Å². The molecule has 12 heteroatoms. The van der Waals surface area contributed by atoms with E-state index >= 15 is 0 Å². The SMILES string of the molecule is CN(Cc1nc2ccc(C(F)(F)F)cc2[nH]1)C(=O)Cn1c(=O)oc2ccc(Cl)c(F)c21. The molecule has 0 unspecified atom stereocenters. The lowest BCUT2D eigenvalue weighted by molar-refractivity contribution is -0.137. The van der Waals surface area contributed by atoms with Gasteiger partial charge in [0.15, 0.2) is 11.4 Å². The van der Waals surface area contributed by atoms with Crippen LogP contribution in [0.1, 0.15) is 11.4 Å². The van der Waals surface area contributed by atoms with Gasteiger partial charge in [0.05, 0.1) is 28.2 Å². The van der Waals surface area contributed by atoms with Crippen molar-refractivity contribution in [1.29, 1.82) is 0 Å². The number of imidazole rings is 1. The summed E-state index contributed by atoms with van der Waals surface area (Å²) in [7, 11) is 1.41. The molecular formula is C19H13ClF4N4O3. The van der Waals surface area contributed by atoms with Crippen LogP contribution in [0.15, 0.2) is 39.5 Å². The summed E-state index contributed by atoms with van der Waals surface area (Å²) in [5.41, 5.74) is -0.647. The Bertz CT molecular complexity index is 1370. The summed E-state index contributed by atoms with van der Waals surface area (Å²) in [5.74, 6) is -2.16. The minimum Gasteiger partial charge on any atom is -0.408 e. The number of benzene rings is 2. The topological polar surface area (TPSA) is 84.1 Å². The molecular weight excluding hydrogens is 444 g/mol. The number of H-pyrrole nitrogens is 1. The predicted octanol–water partition coefficient (Wildman–Crippen LogP) is 3.94. The van der Waals surface area contributed by atoms with Crippen molar-refractivity contribution in [3.63, 3.8) is 0 Å². The number of carbonyl (C=O) groups is 1. The summed E-state index contributed by atoms with van der Waals surface area (Å²) < 4.78 is 58.7. The number of halogens is 5. The number of alkyl halides is 3. The van der Waals surface area contributed by atoms with E-state index in [0.29, 0.717) is 5.52 Å². The molecule has 1 N–H and O–H groups in total. The molecule has 0 bridgehead atoms. The minimum atomic E-state index is -4.50. The Morgan fingerprint density at radius 3 is 2.74 bits per heavy atom. The van der Waals surface area contributed by atoms with Crippen LogP contribution >= 0.6 is 11.6 Å². The lowest BCUT2D eigenvalue weighted by atomic mass is 10.2. The molecule has 0 aliphatic rings. The van der Waals surface area contributed by atoms with E-state index in [2.05, 4.69) is 9.97 Å². The molecule has 0 aliphatic carbocycles. The Labute approximate surface area is 175 Å². The van der Waals surface area contributed by atoms with Gasteiger partial charge in [-0.05, 0) is 30.3 Å². The highest BCUT2D eigenvalue weighted by Gasteiger charge is 2.30. The fourth-order valence-corrected chi connectivity index (χ4v) is 3.28. The van der Waals surface area contributed by atoms with Gasteiger partial charge in [-0.25, -0.2) is 14.2 Å². The second kappa shape index (κ2) is 7.41. The monoisotopic (exact) mass is 456 g/mol. The van der Waals surface area contributed by atoms with Crippen molar-refractivity contribution >= 4 is 39.6 Å². The maximum absolute atomic E-state index is 14.3. The van der Waals surface area contributed by atoms with Gasteiger partial charge < -0.3 is 14.3 Å². The molecule has 4 rings (SSSR count). The smallest absolute Gasteiger partial charge is 0.408 e. The number of nitrogens with zero attached hydrogens (tertiary/aromatic N) is 3. The average Bonchev–Trinajstić information content (AvgIpc) is 3.23. The number of likely N-dealkylation sites (N-methyl/N-ethyl adjacent to an activating group) is 1. The van der Waals surface area contributed by atoms with Crippen molar-refractivity contribution in [3.8, 4) is 0 Å². The van der Waals surface area contributed by atoms with Gasteiger partial charge in [-0.3, -0.25) is 9.36 Å². The Kier molecular flexibility index (Phi) is 5.00. The normalized spacial score (nSPS) is 12.1. The molecule has 2 heterocycles. The number of aromatic nitrogens is 3. The Morgan fingerprint density at radius 2 is 2.03 bits per heavy atom. The van der Waals surface area contributed by atoms with Crippen LogP contribution in [0.4, 0.5) is 17.6 Å². The maximum atomic E-state index is 14.3. The van der Waals surface area contributed by atoms with Crippen LogP contribution < -0.4 is 5.76 Å². The van der Waals surface area contributed by atoms with E-state index in [-0.39, 0.29) is 34.0 Å². The largest absolute Gasteiger partial charge is 0.420 e. The number of carbonyl (C=O) groups excluding carboxylic acids is 1. The van der Waals surface area contributed by atoms with Gasteiger partial charge in [0.25, 0.3) is 0 Å². The van der Waals surface area contributed by atoms with Crippen LogP contribution in [0, 0.1) is 5.82 Å². The standard InChI is InChI=1S/C19H13ClF4N4O3/c1-27(7-14-25-11-4-2-9(19(22,23)24)6-12(11)26-14)15(29)8-28-17-13(31-18(28)30)5-3-10(20)16(17)21/h2-6H,7-8H2,1H3,(H,25,26). The van der Waals surface area contributed by atoms with E-state index in [1.54, 1.807) is 0 Å². The van der Waals surface area contributed by atoms with E-state index in [1.165, 1.54) is 30.1 Å². The highest BCUT2D eigenvalue weighted by Crippen LogP contribution is 2.31. The van der Waals surface area contributed by atoms with Crippen molar-refractivity contribution in [1.82, 2.24) is 19.4 Å². The summed E-state index contributed by atoms with van der Waals surface area (Å²) >= 11 is 5.74. The quantitative estimate of drug-likeness (QED) is 0.471. The van der Waals surface area contributed by atoms with E-state index in [4.69, 9.17) is 16.0 Å². The maximum Gasteiger partial charge on any atom is 0.420 e. The van der Waals surface area contributed by atoms with Gasteiger partial charge in [-0.15, -0.1) is 0 Å². The Hall–Kier alpha value is -3.34. The van der Waals surface area contributed by atoms with E-state index in [0.717, 1.165) is 16.7 Å². The second-order valence-electron chi connectivity index (χ2n) is 6.83. The molecule has 0 radical (unpaired) electrons. The summed E-state index contributed by atoms with van der Waals surface area (Å²) in [4.78, 5) is 32.7. The fourth-order valence-electron chi connectivity index (χ4n) is 3.12. The minimum absolute atomic E-state index is 0.0555. The van der Waals surface area contributed by atoms with Crippen molar-refractivity contribution in [2.24, 2.45) is 0 Å². The van der Waals surface area contributed by atoms with Crippen LogP contribution in [0.25, 0.3) is 22.1 Å². The first-order chi connectivity index (χ1) is 14.5. The first-order valence-electron chi connectivity index (χ1n) is 8.81.